The van der Waals surface area contributed by atoms with Crippen LogP contribution in [0.15, 0.2) is 60.7 Å². The number of allylic oxidation sites excluding steroid dienone is 1. The topological polar surface area (TPSA) is 9.23 Å². The molecule has 3 aromatic rings. The Bertz CT molecular complexity index is 1100. The van der Waals surface area contributed by atoms with Crippen molar-refractivity contribution in [1.29, 1.82) is 0 Å². The molecule has 0 bridgehead atoms. The molecule has 29 heavy (non-hydrogen) atoms. The zero-order valence-electron chi connectivity index (χ0n) is 16.1. The minimum absolute atomic E-state index is 0.112. The molecule has 146 valence electrons. The summed E-state index contributed by atoms with van der Waals surface area (Å²) in [4.78, 5) is 0. The first-order valence-corrected chi connectivity index (χ1v) is 9.19. The number of hydrogen-bond acceptors (Lipinski definition) is 1. The van der Waals surface area contributed by atoms with E-state index in [1.165, 1.54) is 18.2 Å². The Balaban J connectivity index is 1.84. The zero-order valence-corrected chi connectivity index (χ0v) is 16.1. The lowest BCUT2D eigenvalue weighted by Crippen LogP contribution is -1.98. The van der Waals surface area contributed by atoms with Crippen molar-refractivity contribution in [3.8, 4) is 28.7 Å². The summed E-state index contributed by atoms with van der Waals surface area (Å²) >= 11 is 0. The molecule has 0 heterocycles. The number of halogens is 3. The summed E-state index contributed by atoms with van der Waals surface area (Å²) in [6.45, 7) is 3.82. The summed E-state index contributed by atoms with van der Waals surface area (Å²) in [6.07, 6.45) is 3.64. The molecular weight excluding hydrogens is 373 g/mol. The fourth-order valence-electron chi connectivity index (χ4n) is 2.82. The maximum Gasteiger partial charge on any atom is 0.201 e. The standard InChI is InChI=1S/C25H19F3O/c1-3-5-18-9-13-20(22(26)16-18)12-8-17-6-10-19(11-7-17)21-14-15-23(29-4-2)25(28)24(21)27/h3,5-7,9-11,13-16H,4H2,1-2H3. The van der Waals surface area contributed by atoms with E-state index in [4.69, 9.17) is 4.74 Å². The van der Waals surface area contributed by atoms with Gasteiger partial charge < -0.3 is 4.74 Å². The molecule has 0 radical (unpaired) electrons. The molecule has 0 unspecified atom stereocenters. The first-order valence-electron chi connectivity index (χ1n) is 9.19. The molecule has 1 nitrogen and oxygen atoms in total. The van der Waals surface area contributed by atoms with Gasteiger partial charge in [0.15, 0.2) is 11.6 Å². The predicted molar refractivity (Wildman–Crippen MR) is 110 cm³/mol. The van der Waals surface area contributed by atoms with Gasteiger partial charge in [0.1, 0.15) is 5.82 Å². The van der Waals surface area contributed by atoms with E-state index in [0.717, 1.165) is 5.56 Å². The van der Waals surface area contributed by atoms with Crippen molar-refractivity contribution >= 4 is 6.08 Å². The van der Waals surface area contributed by atoms with Gasteiger partial charge in [0, 0.05) is 11.1 Å². The minimum atomic E-state index is -1.01. The van der Waals surface area contributed by atoms with Gasteiger partial charge in [-0.3, -0.25) is 0 Å². The van der Waals surface area contributed by atoms with E-state index in [1.807, 2.05) is 19.1 Å². The molecule has 3 rings (SSSR count). The second-order valence-corrected chi connectivity index (χ2v) is 6.24. The Morgan fingerprint density at radius 2 is 1.66 bits per heavy atom. The van der Waals surface area contributed by atoms with Crippen LogP contribution < -0.4 is 4.74 Å². The molecule has 0 aromatic heterocycles. The van der Waals surface area contributed by atoms with E-state index in [9.17, 15) is 13.2 Å². The van der Waals surface area contributed by atoms with Crippen molar-refractivity contribution in [3.05, 3.63) is 94.8 Å². The molecule has 3 aromatic carbocycles. The number of rotatable bonds is 4. The summed E-state index contributed by atoms with van der Waals surface area (Å²) < 4.78 is 47.6. The molecule has 4 heteroatoms. The lowest BCUT2D eigenvalue weighted by atomic mass is 10.0. The third-order valence-corrected chi connectivity index (χ3v) is 4.24. The Kier molecular flexibility index (Phi) is 6.41. The van der Waals surface area contributed by atoms with Crippen molar-refractivity contribution in [2.75, 3.05) is 6.61 Å². The van der Waals surface area contributed by atoms with Crippen molar-refractivity contribution in [1.82, 2.24) is 0 Å². The summed E-state index contributed by atoms with van der Waals surface area (Å²) in [5.74, 6) is 3.21. The molecule has 0 atom stereocenters. The molecule has 0 spiro atoms. The Morgan fingerprint density at radius 1 is 0.897 bits per heavy atom. The molecule has 0 fully saturated rings. The van der Waals surface area contributed by atoms with Crippen LogP contribution in [-0.4, -0.2) is 6.61 Å². The quantitative estimate of drug-likeness (QED) is 0.455. The summed E-state index contributed by atoms with van der Waals surface area (Å²) in [6, 6.07) is 14.4. The van der Waals surface area contributed by atoms with Gasteiger partial charge in [-0.05, 0) is 61.4 Å². The average Bonchev–Trinajstić information content (AvgIpc) is 2.72. The largest absolute Gasteiger partial charge is 0.491 e. The van der Waals surface area contributed by atoms with Crippen molar-refractivity contribution < 1.29 is 17.9 Å². The highest BCUT2D eigenvalue weighted by Crippen LogP contribution is 2.30. The van der Waals surface area contributed by atoms with Crippen LogP contribution in [0.1, 0.15) is 30.5 Å². The third kappa shape index (κ3) is 4.70. The summed E-state index contributed by atoms with van der Waals surface area (Å²) in [7, 11) is 0. The normalized spacial score (nSPS) is 10.7. The lowest BCUT2D eigenvalue weighted by Gasteiger charge is -2.09. The van der Waals surface area contributed by atoms with E-state index >= 15 is 0 Å². The highest BCUT2D eigenvalue weighted by Gasteiger charge is 2.15. The third-order valence-electron chi connectivity index (χ3n) is 4.24. The SMILES string of the molecule is CC=Cc1ccc(C#Cc2ccc(-c3ccc(OCC)c(F)c3F)cc2)c(F)c1. The van der Waals surface area contributed by atoms with Crippen LogP contribution in [0.2, 0.25) is 0 Å². The Morgan fingerprint density at radius 3 is 2.31 bits per heavy atom. The first kappa shape index (κ1) is 20.3. The molecule has 0 aliphatic carbocycles. The smallest absolute Gasteiger partial charge is 0.201 e. The average molecular weight is 392 g/mol. The van der Waals surface area contributed by atoms with Gasteiger partial charge in [-0.15, -0.1) is 0 Å². The van der Waals surface area contributed by atoms with Crippen LogP contribution in [0.25, 0.3) is 17.2 Å². The number of ether oxygens (including phenoxy) is 1. The van der Waals surface area contributed by atoms with Gasteiger partial charge in [0.25, 0.3) is 0 Å². The van der Waals surface area contributed by atoms with Crippen molar-refractivity contribution in [2.45, 2.75) is 13.8 Å². The van der Waals surface area contributed by atoms with E-state index in [1.54, 1.807) is 43.3 Å². The maximum absolute atomic E-state index is 14.3. The van der Waals surface area contributed by atoms with Gasteiger partial charge in [-0.1, -0.05) is 42.2 Å². The number of benzene rings is 3. The Hall–Kier alpha value is -3.45. The maximum atomic E-state index is 14.3. The van der Waals surface area contributed by atoms with E-state index in [0.29, 0.717) is 16.7 Å². The second kappa shape index (κ2) is 9.16. The van der Waals surface area contributed by atoms with Crippen molar-refractivity contribution in [3.63, 3.8) is 0 Å². The molecular formula is C25H19F3O. The molecule has 0 amide bonds. The Labute approximate surface area is 168 Å². The van der Waals surface area contributed by atoms with Crippen LogP contribution in [-0.2, 0) is 0 Å². The van der Waals surface area contributed by atoms with Gasteiger partial charge in [0.2, 0.25) is 5.82 Å². The van der Waals surface area contributed by atoms with Gasteiger partial charge in [-0.25, -0.2) is 8.78 Å². The molecule has 0 saturated heterocycles. The second-order valence-electron chi connectivity index (χ2n) is 6.24. The van der Waals surface area contributed by atoms with E-state index < -0.39 is 17.5 Å². The molecule has 0 N–H and O–H groups in total. The predicted octanol–water partition coefficient (Wildman–Crippen LogP) is 6.60. The van der Waals surface area contributed by atoms with Gasteiger partial charge >= 0.3 is 0 Å². The monoisotopic (exact) mass is 392 g/mol. The summed E-state index contributed by atoms with van der Waals surface area (Å²) in [5, 5.41) is 0. The molecule has 0 aliphatic heterocycles. The lowest BCUT2D eigenvalue weighted by molar-refractivity contribution is 0.314. The fraction of sp³-hybridized carbons (Fsp3) is 0.120. The first-order chi connectivity index (χ1) is 14.0. The van der Waals surface area contributed by atoms with Gasteiger partial charge in [-0.2, -0.15) is 4.39 Å². The van der Waals surface area contributed by atoms with Crippen molar-refractivity contribution in [2.24, 2.45) is 0 Å². The van der Waals surface area contributed by atoms with Crippen LogP contribution >= 0.6 is 0 Å². The van der Waals surface area contributed by atoms with Gasteiger partial charge in [0.05, 0.1) is 12.2 Å². The van der Waals surface area contributed by atoms with E-state index in [2.05, 4.69) is 11.8 Å². The van der Waals surface area contributed by atoms with Crippen LogP contribution in [0, 0.1) is 29.3 Å². The van der Waals surface area contributed by atoms with Crippen LogP contribution in [0.5, 0.6) is 5.75 Å². The minimum Gasteiger partial charge on any atom is -0.491 e. The zero-order chi connectivity index (χ0) is 20.8. The fourth-order valence-corrected chi connectivity index (χ4v) is 2.82. The number of hydrogen-bond donors (Lipinski definition) is 0. The highest BCUT2D eigenvalue weighted by molar-refractivity contribution is 5.66. The highest BCUT2D eigenvalue weighted by atomic mass is 19.2. The van der Waals surface area contributed by atoms with E-state index in [-0.39, 0.29) is 17.9 Å². The van der Waals surface area contributed by atoms with Crippen LogP contribution in [0.3, 0.4) is 0 Å². The van der Waals surface area contributed by atoms with Crippen LogP contribution in [0.4, 0.5) is 13.2 Å². The molecule has 0 aliphatic rings. The molecule has 0 saturated carbocycles. The summed E-state index contributed by atoms with van der Waals surface area (Å²) in [5.41, 5.74) is 2.34.